The largest absolute Gasteiger partial charge is 0.372 e. The topological polar surface area (TPSA) is 53.3 Å². The minimum Gasteiger partial charge on any atom is -0.372 e. The van der Waals surface area contributed by atoms with Crippen molar-refractivity contribution in [3.05, 3.63) is 17.5 Å². The zero-order valence-corrected chi connectivity index (χ0v) is 9.27. The van der Waals surface area contributed by atoms with Crippen LogP contribution >= 0.6 is 0 Å². The number of nitrogens with one attached hydrogen (secondary N) is 1. The van der Waals surface area contributed by atoms with Crippen LogP contribution in [0.5, 0.6) is 0 Å². The van der Waals surface area contributed by atoms with Gasteiger partial charge in [-0.05, 0) is 33.1 Å². The van der Waals surface area contributed by atoms with E-state index in [0.29, 0.717) is 0 Å². The molecule has 2 heterocycles. The van der Waals surface area contributed by atoms with E-state index >= 15 is 0 Å². The first-order chi connectivity index (χ1) is 7.18. The molecule has 0 saturated carbocycles. The third-order valence-corrected chi connectivity index (χ3v) is 2.67. The summed E-state index contributed by atoms with van der Waals surface area (Å²) in [5.41, 5.74) is 1.89. The lowest BCUT2D eigenvalue weighted by atomic mass is 10.3. The highest BCUT2D eigenvalue weighted by atomic mass is 16.3. The fraction of sp³-hybridized carbons (Fsp3) is 0.700. The van der Waals surface area contributed by atoms with Crippen LogP contribution in [0.3, 0.4) is 0 Å². The summed E-state index contributed by atoms with van der Waals surface area (Å²) in [5, 5.41) is 17.6. The first-order valence-corrected chi connectivity index (χ1v) is 5.30. The molecule has 84 valence electrons. The zero-order chi connectivity index (χ0) is 10.8. The summed E-state index contributed by atoms with van der Waals surface area (Å²) >= 11 is 0. The maximum absolute atomic E-state index is 9.85. The molecule has 1 atom stereocenters. The van der Waals surface area contributed by atoms with Crippen molar-refractivity contribution < 1.29 is 5.11 Å². The number of aliphatic hydroxyl groups excluding tert-OH is 1. The van der Waals surface area contributed by atoms with Gasteiger partial charge in [-0.25, -0.2) is 0 Å². The predicted molar refractivity (Wildman–Crippen MR) is 57.2 cm³/mol. The lowest BCUT2D eigenvalue weighted by molar-refractivity contribution is 0.0352. The van der Waals surface area contributed by atoms with E-state index in [9.17, 15) is 5.11 Å². The van der Waals surface area contributed by atoms with Crippen molar-refractivity contribution in [2.45, 2.75) is 25.7 Å². The second-order valence-corrected chi connectivity index (χ2v) is 4.15. The van der Waals surface area contributed by atoms with Gasteiger partial charge in [0, 0.05) is 13.1 Å². The summed E-state index contributed by atoms with van der Waals surface area (Å²) in [6.45, 7) is 2.81. The van der Waals surface area contributed by atoms with Crippen molar-refractivity contribution >= 4 is 0 Å². The molecule has 0 radical (unpaired) electrons. The Balaban J connectivity index is 2.21. The molecule has 0 amide bonds. The molecule has 1 aliphatic heterocycles. The molecular weight excluding hydrogens is 192 g/mol. The SMILES string of the molecule is CN(C)C(O)c1cc2n(n1)CCCNC2. The van der Waals surface area contributed by atoms with Crippen molar-refractivity contribution in [2.24, 2.45) is 0 Å². The average Bonchev–Trinajstić information content (AvgIpc) is 2.49. The summed E-state index contributed by atoms with van der Waals surface area (Å²) in [5.74, 6) is 0. The molecule has 0 aromatic carbocycles. The van der Waals surface area contributed by atoms with Crippen LogP contribution in [0.25, 0.3) is 0 Å². The van der Waals surface area contributed by atoms with E-state index in [4.69, 9.17) is 0 Å². The standard InChI is InChI=1S/C10H18N4O/c1-13(2)10(15)9-6-8-7-11-4-3-5-14(8)12-9/h6,10-11,15H,3-5,7H2,1-2H3. The molecule has 0 fully saturated rings. The van der Waals surface area contributed by atoms with Crippen LogP contribution in [-0.4, -0.2) is 40.4 Å². The molecule has 1 unspecified atom stereocenters. The van der Waals surface area contributed by atoms with Crippen molar-refractivity contribution in [3.63, 3.8) is 0 Å². The number of rotatable bonds is 2. The van der Waals surface area contributed by atoms with Crippen LogP contribution in [0.4, 0.5) is 0 Å². The lowest BCUT2D eigenvalue weighted by Crippen LogP contribution is -2.20. The number of nitrogens with zero attached hydrogens (tertiary/aromatic N) is 3. The summed E-state index contributed by atoms with van der Waals surface area (Å²) in [7, 11) is 3.68. The molecule has 2 rings (SSSR count). The predicted octanol–water partition coefficient (Wildman–Crippen LogP) is -0.0711. The molecule has 1 aromatic heterocycles. The first kappa shape index (κ1) is 10.6. The molecule has 15 heavy (non-hydrogen) atoms. The molecule has 5 nitrogen and oxygen atoms in total. The molecule has 1 aromatic rings. The van der Waals surface area contributed by atoms with Gasteiger partial charge in [0.25, 0.3) is 0 Å². The van der Waals surface area contributed by atoms with Crippen LogP contribution in [0.2, 0.25) is 0 Å². The van der Waals surface area contributed by atoms with E-state index in [1.807, 2.05) is 24.8 Å². The summed E-state index contributed by atoms with van der Waals surface area (Å²) in [6, 6.07) is 1.98. The third-order valence-electron chi connectivity index (χ3n) is 2.67. The number of aromatic nitrogens is 2. The molecule has 5 heteroatoms. The highest BCUT2D eigenvalue weighted by Crippen LogP contribution is 2.16. The van der Waals surface area contributed by atoms with Gasteiger partial charge in [0.2, 0.25) is 0 Å². The second kappa shape index (κ2) is 4.30. The van der Waals surface area contributed by atoms with Crippen LogP contribution in [0.1, 0.15) is 24.0 Å². The van der Waals surface area contributed by atoms with E-state index in [1.54, 1.807) is 4.90 Å². The van der Waals surface area contributed by atoms with Crippen LogP contribution in [-0.2, 0) is 13.1 Å². The summed E-state index contributed by atoms with van der Waals surface area (Å²) < 4.78 is 1.99. The summed E-state index contributed by atoms with van der Waals surface area (Å²) in [4.78, 5) is 1.75. The second-order valence-electron chi connectivity index (χ2n) is 4.15. The van der Waals surface area contributed by atoms with E-state index in [2.05, 4.69) is 10.4 Å². The van der Waals surface area contributed by atoms with E-state index in [1.165, 1.54) is 0 Å². The smallest absolute Gasteiger partial charge is 0.151 e. The Kier molecular flexibility index (Phi) is 3.04. The maximum Gasteiger partial charge on any atom is 0.151 e. The number of fused-ring (bicyclic) bond motifs is 1. The Labute approximate surface area is 89.7 Å². The molecule has 0 spiro atoms. The minimum absolute atomic E-state index is 0.607. The Hall–Kier alpha value is -0.910. The van der Waals surface area contributed by atoms with E-state index in [0.717, 1.165) is 37.4 Å². The highest BCUT2D eigenvalue weighted by Gasteiger charge is 2.17. The Bertz CT molecular complexity index is 311. The van der Waals surface area contributed by atoms with Gasteiger partial charge in [-0.1, -0.05) is 0 Å². The van der Waals surface area contributed by atoms with E-state index < -0.39 is 6.23 Å². The Morgan fingerprint density at radius 3 is 3.13 bits per heavy atom. The minimum atomic E-state index is -0.607. The quantitative estimate of drug-likeness (QED) is 0.671. The lowest BCUT2D eigenvalue weighted by Gasteiger charge is -2.15. The molecular formula is C10H18N4O. The van der Waals surface area contributed by atoms with Gasteiger partial charge >= 0.3 is 0 Å². The average molecular weight is 210 g/mol. The fourth-order valence-electron chi connectivity index (χ4n) is 1.77. The van der Waals surface area contributed by atoms with Gasteiger partial charge in [-0.15, -0.1) is 0 Å². The number of hydrogen-bond acceptors (Lipinski definition) is 4. The third kappa shape index (κ3) is 2.19. The monoisotopic (exact) mass is 210 g/mol. The first-order valence-electron chi connectivity index (χ1n) is 5.30. The van der Waals surface area contributed by atoms with E-state index in [-0.39, 0.29) is 0 Å². The van der Waals surface area contributed by atoms with Gasteiger partial charge in [0.05, 0.1) is 5.69 Å². The van der Waals surface area contributed by atoms with Gasteiger partial charge < -0.3 is 10.4 Å². The van der Waals surface area contributed by atoms with Gasteiger partial charge in [0.1, 0.15) is 5.69 Å². The van der Waals surface area contributed by atoms with Crippen LogP contribution in [0.15, 0.2) is 6.07 Å². The van der Waals surface area contributed by atoms with Crippen LogP contribution in [0, 0.1) is 0 Å². The Morgan fingerprint density at radius 2 is 2.40 bits per heavy atom. The normalized spacial score (nSPS) is 18.7. The number of hydrogen-bond donors (Lipinski definition) is 2. The van der Waals surface area contributed by atoms with Crippen molar-refractivity contribution in [1.29, 1.82) is 0 Å². The molecule has 0 bridgehead atoms. The van der Waals surface area contributed by atoms with Crippen molar-refractivity contribution in [2.75, 3.05) is 20.6 Å². The van der Waals surface area contributed by atoms with Gasteiger partial charge in [0.15, 0.2) is 6.23 Å². The Morgan fingerprint density at radius 1 is 1.60 bits per heavy atom. The molecule has 1 aliphatic rings. The fourth-order valence-corrected chi connectivity index (χ4v) is 1.77. The van der Waals surface area contributed by atoms with Crippen molar-refractivity contribution in [3.8, 4) is 0 Å². The zero-order valence-electron chi connectivity index (χ0n) is 9.27. The molecule has 0 saturated heterocycles. The maximum atomic E-state index is 9.85. The molecule has 2 N–H and O–H groups in total. The highest BCUT2D eigenvalue weighted by molar-refractivity contribution is 5.13. The van der Waals surface area contributed by atoms with Crippen LogP contribution < -0.4 is 5.32 Å². The van der Waals surface area contributed by atoms with Crippen molar-refractivity contribution in [1.82, 2.24) is 20.0 Å². The summed E-state index contributed by atoms with van der Waals surface area (Å²) in [6.07, 6.45) is 0.482. The number of aliphatic hydroxyl groups is 1. The van der Waals surface area contributed by atoms with Gasteiger partial charge in [-0.2, -0.15) is 5.10 Å². The van der Waals surface area contributed by atoms with Gasteiger partial charge in [-0.3, -0.25) is 9.58 Å². The number of aryl methyl sites for hydroxylation is 1. The molecule has 0 aliphatic carbocycles.